The number of nitriles is 1. The van der Waals surface area contributed by atoms with Crippen molar-refractivity contribution >= 4 is 11.3 Å². The molecule has 0 atom stereocenters. The molecule has 2 aromatic rings. The number of nitrogens with two attached hydrogens (primary N) is 1. The molecule has 0 saturated carbocycles. The Balaban J connectivity index is 2.34. The van der Waals surface area contributed by atoms with E-state index in [2.05, 4.69) is 11.1 Å². The smallest absolute Gasteiger partial charge is 0.0991 e. The van der Waals surface area contributed by atoms with Crippen LogP contribution in [0.2, 0.25) is 0 Å². The molecule has 4 heteroatoms. The summed E-state index contributed by atoms with van der Waals surface area (Å²) < 4.78 is 1.90. The van der Waals surface area contributed by atoms with E-state index in [1.807, 2.05) is 55.0 Å². The maximum atomic E-state index is 8.87. The number of rotatable bonds is 4. The Hall–Kier alpha value is -3.06. The highest BCUT2D eigenvalue weighted by atomic mass is 15.0. The molecule has 0 spiro atoms. The third-order valence-corrected chi connectivity index (χ3v) is 3.33. The van der Waals surface area contributed by atoms with Crippen molar-refractivity contribution in [1.29, 1.82) is 5.26 Å². The maximum Gasteiger partial charge on any atom is 0.0991 e. The van der Waals surface area contributed by atoms with Crippen molar-refractivity contribution in [3.05, 3.63) is 78.0 Å². The van der Waals surface area contributed by atoms with Crippen LogP contribution in [0.3, 0.4) is 0 Å². The molecule has 2 rings (SSSR count). The van der Waals surface area contributed by atoms with Gasteiger partial charge in [-0.1, -0.05) is 24.3 Å². The highest BCUT2D eigenvalue weighted by molar-refractivity contribution is 5.81. The fraction of sp³-hybridized carbons (Fsp3) is 0.111. The van der Waals surface area contributed by atoms with Crippen LogP contribution in [-0.2, 0) is 0 Å². The second-order valence-corrected chi connectivity index (χ2v) is 4.67. The number of hydrogen-bond donors (Lipinski definition) is 1. The molecule has 0 aliphatic rings. The van der Waals surface area contributed by atoms with E-state index in [0.717, 1.165) is 16.8 Å². The third-order valence-electron chi connectivity index (χ3n) is 3.33. The van der Waals surface area contributed by atoms with Gasteiger partial charge in [0.1, 0.15) is 0 Å². The summed E-state index contributed by atoms with van der Waals surface area (Å²) in [4.78, 5) is 4.05. The minimum Gasteiger partial charge on any atom is -0.398 e. The zero-order valence-corrected chi connectivity index (χ0v) is 12.7. The predicted octanol–water partition coefficient (Wildman–Crippen LogP) is 3.56. The van der Waals surface area contributed by atoms with E-state index >= 15 is 0 Å². The average molecular weight is 290 g/mol. The highest BCUT2D eigenvalue weighted by Gasteiger charge is 2.06. The van der Waals surface area contributed by atoms with Crippen molar-refractivity contribution in [2.45, 2.75) is 13.8 Å². The van der Waals surface area contributed by atoms with E-state index in [0.29, 0.717) is 11.3 Å². The van der Waals surface area contributed by atoms with Crippen molar-refractivity contribution in [3.8, 4) is 6.07 Å². The lowest BCUT2D eigenvalue weighted by Crippen LogP contribution is -2.03. The molecule has 2 N–H and O–H groups in total. The molecule has 0 unspecified atom stereocenters. The largest absolute Gasteiger partial charge is 0.398 e. The van der Waals surface area contributed by atoms with Crippen LogP contribution >= 0.6 is 0 Å². The van der Waals surface area contributed by atoms with Crippen LogP contribution < -0.4 is 5.73 Å². The van der Waals surface area contributed by atoms with Crippen molar-refractivity contribution in [2.75, 3.05) is 0 Å². The Labute approximate surface area is 130 Å². The number of nitrogens with zero attached hydrogens (tertiary/aromatic N) is 3. The highest BCUT2D eigenvalue weighted by Crippen LogP contribution is 2.22. The average Bonchev–Trinajstić information content (AvgIpc) is 3.08. The summed E-state index contributed by atoms with van der Waals surface area (Å²) >= 11 is 0. The van der Waals surface area contributed by atoms with Gasteiger partial charge in [-0.2, -0.15) is 5.26 Å². The number of hydrogen-bond acceptors (Lipinski definition) is 3. The Morgan fingerprint density at radius 3 is 2.45 bits per heavy atom. The molecule has 0 amide bonds. The van der Waals surface area contributed by atoms with Gasteiger partial charge in [0.25, 0.3) is 0 Å². The molecule has 1 aromatic heterocycles. The summed E-state index contributed by atoms with van der Waals surface area (Å²) in [7, 11) is 0. The fourth-order valence-corrected chi connectivity index (χ4v) is 2.18. The lowest BCUT2D eigenvalue weighted by atomic mass is 10.0. The summed E-state index contributed by atoms with van der Waals surface area (Å²) in [5.41, 5.74) is 10.4. The minimum absolute atomic E-state index is 0.634. The number of benzene rings is 1. The SMILES string of the molecule is C\C=C(/C(N)=C\C(=C/C)n1ccnc1)c1ccc(C#N)cc1. The third kappa shape index (κ3) is 3.33. The second-order valence-electron chi connectivity index (χ2n) is 4.67. The van der Waals surface area contributed by atoms with Gasteiger partial charge in [-0.05, 0) is 37.6 Å². The van der Waals surface area contributed by atoms with Gasteiger partial charge in [0.05, 0.1) is 18.0 Å². The van der Waals surface area contributed by atoms with Crippen LogP contribution in [0.5, 0.6) is 0 Å². The maximum absolute atomic E-state index is 8.87. The van der Waals surface area contributed by atoms with Gasteiger partial charge in [-0.25, -0.2) is 4.98 Å². The summed E-state index contributed by atoms with van der Waals surface area (Å²) in [5, 5.41) is 8.87. The number of imidazole rings is 1. The summed E-state index contributed by atoms with van der Waals surface area (Å²) in [6.07, 6.45) is 11.2. The van der Waals surface area contributed by atoms with E-state index in [-0.39, 0.29) is 0 Å². The van der Waals surface area contributed by atoms with Crippen molar-refractivity contribution in [2.24, 2.45) is 5.73 Å². The number of aromatic nitrogens is 2. The number of allylic oxidation sites excluding steroid dienone is 5. The second kappa shape index (κ2) is 7.09. The molecule has 110 valence electrons. The molecule has 1 aromatic carbocycles. The fourth-order valence-electron chi connectivity index (χ4n) is 2.18. The van der Waals surface area contributed by atoms with Gasteiger partial charge >= 0.3 is 0 Å². The van der Waals surface area contributed by atoms with Gasteiger partial charge < -0.3 is 10.3 Å². The van der Waals surface area contributed by atoms with E-state index in [1.165, 1.54) is 0 Å². The molecule has 22 heavy (non-hydrogen) atoms. The van der Waals surface area contributed by atoms with Crippen molar-refractivity contribution in [3.63, 3.8) is 0 Å². The molecule has 0 aliphatic carbocycles. The first-order chi connectivity index (χ1) is 10.7. The van der Waals surface area contributed by atoms with Crippen molar-refractivity contribution < 1.29 is 0 Å². The van der Waals surface area contributed by atoms with Crippen molar-refractivity contribution in [1.82, 2.24) is 9.55 Å². The Morgan fingerprint density at radius 2 is 1.95 bits per heavy atom. The molecule has 0 fully saturated rings. The molecule has 1 heterocycles. The molecule has 0 bridgehead atoms. The van der Waals surface area contributed by atoms with E-state index in [9.17, 15) is 0 Å². The molecular formula is C18H18N4. The zero-order valence-electron chi connectivity index (χ0n) is 12.7. The van der Waals surface area contributed by atoms with Crippen LogP contribution in [0.15, 0.2) is 66.9 Å². The van der Waals surface area contributed by atoms with Crippen LogP contribution in [0.1, 0.15) is 25.0 Å². The lowest BCUT2D eigenvalue weighted by Gasteiger charge is -2.10. The van der Waals surface area contributed by atoms with Crippen LogP contribution in [0.25, 0.3) is 11.3 Å². The van der Waals surface area contributed by atoms with E-state index < -0.39 is 0 Å². The Kier molecular flexibility index (Phi) is 4.94. The Bertz CT molecular complexity index is 754. The minimum atomic E-state index is 0.634. The van der Waals surface area contributed by atoms with Gasteiger partial charge in [0.2, 0.25) is 0 Å². The zero-order chi connectivity index (χ0) is 15.9. The first-order valence-corrected chi connectivity index (χ1v) is 6.98. The van der Waals surface area contributed by atoms with E-state index in [1.54, 1.807) is 24.7 Å². The molecule has 0 saturated heterocycles. The summed E-state index contributed by atoms with van der Waals surface area (Å²) in [6.45, 7) is 3.90. The van der Waals surface area contributed by atoms with Crippen LogP contribution in [0.4, 0.5) is 0 Å². The molecule has 0 radical (unpaired) electrons. The first kappa shape index (κ1) is 15.3. The van der Waals surface area contributed by atoms with Gasteiger partial charge in [-0.3, -0.25) is 0 Å². The molecule has 0 aliphatic heterocycles. The lowest BCUT2D eigenvalue weighted by molar-refractivity contribution is 1.09. The predicted molar refractivity (Wildman–Crippen MR) is 89.3 cm³/mol. The molecule has 4 nitrogen and oxygen atoms in total. The summed E-state index contributed by atoms with van der Waals surface area (Å²) in [6, 6.07) is 9.50. The van der Waals surface area contributed by atoms with Gasteiger partial charge in [0.15, 0.2) is 0 Å². The van der Waals surface area contributed by atoms with Gasteiger partial charge in [-0.15, -0.1) is 0 Å². The van der Waals surface area contributed by atoms with Crippen LogP contribution in [0, 0.1) is 11.3 Å². The quantitative estimate of drug-likeness (QED) is 0.875. The molecular weight excluding hydrogens is 272 g/mol. The topological polar surface area (TPSA) is 67.6 Å². The first-order valence-electron chi connectivity index (χ1n) is 6.98. The summed E-state index contributed by atoms with van der Waals surface area (Å²) in [5.74, 6) is 0. The standard InChI is InChI=1S/C18H18N4/c1-3-16(22-10-9-21-13-22)11-18(20)17(4-2)15-7-5-14(12-19)6-8-15/h3-11,13H,20H2,1-2H3/b16-3+,17-4-,18-11+. The monoisotopic (exact) mass is 290 g/mol. The van der Waals surface area contributed by atoms with Gasteiger partial charge in [0, 0.05) is 29.4 Å². The van der Waals surface area contributed by atoms with Crippen LogP contribution in [-0.4, -0.2) is 9.55 Å². The Morgan fingerprint density at radius 1 is 1.23 bits per heavy atom. The normalized spacial score (nSPS) is 13.0. The van der Waals surface area contributed by atoms with E-state index in [4.69, 9.17) is 11.0 Å².